The monoisotopic (exact) mass is 329 g/mol. The Bertz CT molecular complexity index is 573. The summed E-state index contributed by atoms with van der Waals surface area (Å²) < 4.78 is 1.16. The number of anilines is 1. The summed E-state index contributed by atoms with van der Waals surface area (Å²) in [6, 6.07) is 18.0. The molecule has 0 heterocycles. The van der Waals surface area contributed by atoms with Crippen LogP contribution >= 0.6 is 15.9 Å². The molecule has 20 heavy (non-hydrogen) atoms. The van der Waals surface area contributed by atoms with Gasteiger partial charge in [-0.1, -0.05) is 53.2 Å². The van der Waals surface area contributed by atoms with E-state index < -0.39 is 0 Å². The normalized spacial score (nSPS) is 21.3. The van der Waals surface area contributed by atoms with Crippen molar-refractivity contribution in [1.29, 1.82) is 0 Å². The molecule has 0 atom stereocenters. The molecule has 1 aliphatic carbocycles. The standard InChI is InChI=1S/C18H20BrN/c1-2-13-10-16(19)8-9-18(13)20-17-11-15(12-17)14-6-4-3-5-7-14/h3-10,15,17,20H,2,11-12H2,1H3. The molecule has 0 radical (unpaired) electrons. The van der Waals surface area contributed by atoms with E-state index in [4.69, 9.17) is 0 Å². The van der Waals surface area contributed by atoms with Crippen molar-refractivity contribution in [1.82, 2.24) is 0 Å². The van der Waals surface area contributed by atoms with Crippen molar-refractivity contribution in [3.05, 3.63) is 64.1 Å². The van der Waals surface area contributed by atoms with Gasteiger partial charge in [0.1, 0.15) is 0 Å². The van der Waals surface area contributed by atoms with Crippen LogP contribution in [0.25, 0.3) is 0 Å². The Labute approximate surface area is 129 Å². The molecule has 1 N–H and O–H groups in total. The summed E-state index contributed by atoms with van der Waals surface area (Å²) in [4.78, 5) is 0. The molecular weight excluding hydrogens is 310 g/mol. The third-order valence-electron chi connectivity index (χ3n) is 4.22. The van der Waals surface area contributed by atoms with E-state index in [9.17, 15) is 0 Å². The molecule has 0 saturated heterocycles. The van der Waals surface area contributed by atoms with Crippen LogP contribution in [0.5, 0.6) is 0 Å². The van der Waals surface area contributed by atoms with Crippen LogP contribution in [0.1, 0.15) is 36.8 Å². The second-order valence-electron chi connectivity index (χ2n) is 5.58. The van der Waals surface area contributed by atoms with E-state index in [1.807, 2.05) is 0 Å². The zero-order chi connectivity index (χ0) is 13.9. The SMILES string of the molecule is CCc1cc(Br)ccc1NC1CC(c2ccccc2)C1. The third-order valence-corrected chi connectivity index (χ3v) is 4.71. The Morgan fingerprint density at radius 2 is 1.85 bits per heavy atom. The number of rotatable bonds is 4. The van der Waals surface area contributed by atoms with Crippen LogP contribution in [0, 0.1) is 0 Å². The van der Waals surface area contributed by atoms with Crippen molar-refractivity contribution in [3.63, 3.8) is 0 Å². The smallest absolute Gasteiger partial charge is 0.0375 e. The minimum absolute atomic E-state index is 0.617. The van der Waals surface area contributed by atoms with Gasteiger partial charge in [-0.15, -0.1) is 0 Å². The van der Waals surface area contributed by atoms with Crippen molar-refractivity contribution >= 4 is 21.6 Å². The molecule has 2 heteroatoms. The van der Waals surface area contributed by atoms with Gasteiger partial charge >= 0.3 is 0 Å². The number of aryl methyl sites for hydroxylation is 1. The first kappa shape index (κ1) is 13.7. The first-order chi connectivity index (χ1) is 9.76. The van der Waals surface area contributed by atoms with E-state index in [1.165, 1.54) is 29.7 Å². The first-order valence-corrected chi connectivity index (χ1v) is 8.15. The fourth-order valence-electron chi connectivity index (χ4n) is 2.95. The molecule has 3 rings (SSSR count). The van der Waals surface area contributed by atoms with E-state index in [1.54, 1.807) is 0 Å². The highest BCUT2D eigenvalue weighted by Gasteiger charge is 2.30. The van der Waals surface area contributed by atoms with E-state index >= 15 is 0 Å². The van der Waals surface area contributed by atoms with Crippen LogP contribution in [-0.4, -0.2) is 6.04 Å². The van der Waals surface area contributed by atoms with Crippen molar-refractivity contribution in [2.24, 2.45) is 0 Å². The summed E-state index contributed by atoms with van der Waals surface area (Å²) in [5, 5.41) is 3.70. The van der Waals surface area contributed by atoms with Crippen molar-refractivity contribution in [2.75, 3.05) is 5.32 Å². The topological polar surface area (TPSA) is 12.0 Å². The number of hydrogen-bond acceptors (Lipinski definition) is 1. The number of halogens is 1. The lowest BCUT2D eigenvalue weighted by Gasteiger charge is -2.37. The molecule has 0 aliphatic heterocycles. The van der Waals surface area contributed by atoms with Gasteiger partial charge < -0.3 is 5.32 Å². The van der Waals surface area contributed by atoms with E-state index in [0.29, 0.717) is 6.04 Å². The quantitative estimate of drug-likeness (QED) is 0.795. The zero-order valence-electron chi connectivity index (χ0n) is 11.8. The van der Waals surface area contributed by atoms with Crippen LogP contribution in [0.4, 0.5) is 5.69 Å². The minimum Gasteiger partial charge on any atom is -0.382 e. The first-order valence-electron chi connectivity index (χ1n) is 7.36. The molecule has 0 aromatic heterocycles. The maximum absolute atomic E-state index is 3.70. The van der Waals surface area contributed by atoms with Crippen LogP contribution in [-0.2, 0) is 6.42 Å². The van der Waals surface area contributed by atoms with Gasteiger partial charge in [0, 0.05) is 16.2 Å². The largest absolute Gasteiger partial charge is 0.382 e. The number of hydrogen-bond donors (Lipinski definition) is 1. The maximum atomic E-state index is 3.70. The van der Waals surface area contributed by atoms with Gasteiger partial charge in [-0.05, 0) is 54.5 Å². The van der Waals surface area contributed by atoms with Gasteiger partial charge in [0.15, 0.2) is 0 Å². The molecule has 1 fully saturated rings. The molecular formula is C18H20BrN. The Balaban J connectivity index is 1.62. The molecule has 1 aliphatic rings. The Morgan fingerprint density at radius 1 is 1.10 bits per heavy atom. The average molecular weight is 330 g/mol. The summed E-state index contributed by atoms with van der Waals surface area (Å²) in [6.07, 6.45) is 3.54. The summed E-state index contributed by atoms with van der Waals surface area (Å²) in [5.74, 6) is 0.731. The number of benzene rings is 2. The lowest BCUT2D eigenvalue weighted by molar-refractivity contribution is 0.374. The van der Waals surface area contributed by atoms with Gasteiger partial charge in [0.25, 0.3) is 0 Å². The maximum Gasteiger partial charge on any atom is 0.0375 e. The highest BCUT2D eigenvalue weighted by Crippen LogP contribution is 2.39. The van der Waals surface area contributed by atoms with E-state index in [-0.39, 0.29) is 0 Å². The number of nitrogens with one attached hydrogen (secondary N) is 1. The Kier molecular flexibility index (Phi) is 4.11. The summed E-state index contributed by atoms with van der Waals surface area (Å²) in [6.45, 7) is 2.21. The summed E-state index contributed by atoms with van der Waals surface area (Å²) in [7, 11) is 0. The molecule has 2 aromatic rings. The van der Waals surface area contributed by atoms with E-state index in [2.05, 4.69) is 76.7 Å². The summed E-state index contributed by atoms with van der Waals surface area (Å²) >= 11 is 3.55. The molecule has 0 amide bonds. The molecule has 2 aromatic carbocycles. The van der Waals surface area contributed by atoms with Crippen LogP contribution in [0.3, 0.4) is 0 Å². The Morgan fingerprint density at radius 3 is 2.55 bits per heavy atom. The highest BCUT2D eigenvalue weighted by atomic mass is 79.9. The second kappa shape index (κ2) is 6.01. The predicted molar refractivity (Wildman–Crippen MR) is 89.3 cm³/mol. The van der Waals surface area contributed by atoms with Gasteiger partial charge in [-0.2, -0.15) is 0 Å². The van der Waals surface area contributed by atoms with Crippen LogP contribution in [0.2, 0.25) is 0 Å². The second-order valence-corrected chi connectivity index (χ2v) is 6.49. The van der Waals surface area contributed by atoms with Crippen molar-refractivity contribution < 1.29 is 0 Å². The summed E-state index contributed by atoms with van der Waals surface area (Å²) in [5.41, 5.74) is 4.17. The average Bonchev–Trinajstić information content (AvgIpc) is 2.44. The van der Waals surface area contributed by atoms with Gasteiger partial charge in [-0.25, -0.2) is 0 Å². The molecule has 0 spiro atoms. The lowest BCUT2D eigenvalue weighted by Crippen LogP contribution is -2.34. The highest BCUT2D eigenvalue weighted by molar-refractivity contribution is 9.10. The predicted octanol–water partition coefficient (Wildman–Crippen LogP) is 5.37. The molecule has 1 nitrogen and oxygen atoms in total. The van der Waals surface area contributed by atoms with Gasteiger partial charge in [0.05, 0.1) is 0 Å². The van der Waals surface area contributed by atoms with Crippen molar-refractivity contribution in [2.45, 2.75) is 38.1 Å². The van der Waals surface area contributed by atoms with Crippen LogP contribution in [0.15, 0.2) is 53.0 Å². The third kappa shape index (κ3) is 2.90. The minimum atomic E-state index is 0.617. The zero-order valence-corrected chi connectivity index (χ0v) is 13.4. The van der Waals surface area contributed by atoms with E-state index in [0.717, 1.165) is 16.8 Å². The fraction of sp³-hybridized carbons (Fsp3) is 0.333. The van der Waals surface area contributed by atoms with Gasteiger partial charge in [-0.3, -0.25) is 0 Å². The lowest BCUT2D eigenvalue weighted by atomic mass is 9.76. The molecule has 104 valence electrons. The van der Waals surface area contributed by atoms with Crippen LogP contribution < -0.4 is 5.32 Å². The van der Waals surface area contributed by atoms with Crippen molar-refractivity contribution in [3.8, 4) is 0 Å². The Hall–Kier alpha value is -1.28. The fourth-order valence-corrected chi connectivity index (χ4v) is 3.36. The van der Waals surface area contributed by atoms with Gasteiger partial charge in [0.2, 0.25) is 0 Å². The molecule has 1 saturated carbocycles. The molecule has 0 bridgehead atoms. The molecule has 0 unspecified atom stereocenters.